The van der Waals surface area contributed by atoms with Crippen molar-refractivity contribution in [2.24, 2.45) is 0 Å². The molecule has 12 heavy (non-hydrogen) atoms. The average Bonchev–Trinajstić information content (AvgIpc) is 2.06. The molecule has 0 radical (unpaired) electrons. The van der Waals surface area contributed by atoms with Gasteiger partial charge in [-0.2, -0.15) is 0 Å². The van der Waals surface area contributed by atoms with E-state index in [0.717, 1.165) is 5.46 Å². The third-order valence-corrected chi connectivity index (χ3v) is 1.80. The van der Waals surface area contributed by atoms with Crippen LogP contribution in [-0.4, -0.2) is 19.2 Å². The van der Waals surface area contributed by atoms with E-state index in [0.29, 0.717) is 17.4 Å². The summed E-state index contributed by atoms with van der Waals surface area (Å²) in [7, 11) is 1.77. The Morgan fingerprint density at radius 3 is 2.67 bits per heavy atom. The third kappa shape index (κ3) is 1.26. The lowest BCUT2D eigenvalue weighted by Crippen LogP contribution is -2.09. The van der Waals surface area contributed by atoms with E-state index in [2.05, 4.69) is 6.58 Å². The Morgan fingerprint density at radius 1 is 1.50 bits per heavy atom. The molecule has 0 saturated carbocycles. The predicted octanol–water partition coefficient (Wildman–Crippen LogP) is 0.106. The van der Waals surface area contributed by atoms with Crippen molar-refractivity contribution in [3.63, 3.8) is 0 Å². The van der Waals surface area contributed by atoms with Crippen LogP contribution in [-0.2, 0) is 0 Å². The minimum atomic E-state index is 0.0139. The summed E-state index contributed by atoms with van der Waals surface area (Å²) in [5.74, 6) is 0.0139. The Bertz CT molecular complexity index is 332. The van der Waals surface area contributed by atoms with Crippen LogP contribution < -0.4 is 5.46 Å². The Kier molecular flexibility index (Phi) is 2.33. The molecular formula is C9H9BO2. The number of hydrogen-bond acceptors (Lipinski definition) is 2. The molecule has 0 aromatic heterocycles. The van der Waals surface area contributed by atoms with Crippen LogP contribution in [0.4, 0.5) is 0 Å². The number of aldehydes is 1. The van der Waals surface area contributed by atoms with E-state index in [1.54, 1.807) is 20.0 Å². The van der Waals surface area contributed by atoms with Crippen LogP contribution in [0.5, 0.6) is 5.75 Å². The van der Waals surface area contributed by atoms with Gasteiger partial charge >= 0.3 is 0 Å². The van der Waals surface area contributed by atoms with E-state index < -0.39 is 0 Å². The highest BCUT2D eigenvalue weighted by molar-refractivity contribution is 6.35. The molecule has 0 aliphatic rings. The highest BCUT2D eigenvalue weighted by Gasteiger charge is 2.05. The molecular weight excluding hydrogens is 151 g/mol. The molecule has 60 valence electrons. The first kappa shape index (κ1) is 8.59. The Labute approximate surface area is 71.9 Å². The molecule has 2 nitrogen and oxygen atoms in total. The number of phenolic OH excluding ortho intramolecular Hbond substituents is 1. The maximum Gasteiger partial charge on any atom is 0.153 e. The van der Waals surface area contributed by atoms with Crippen molar-refractivity contribution in [3.05, 3.63) is 29.8 Å². The van der Waals surface area contributed by atoms with Gasteiger partial charge in [-0.15, -0.1) is 0 Å². The van der Waals surface area contributed by atoms with Crippen molar-refractivity contribution in [1.29, 1.82) is 0 Å². The van der Waals surface area contributed by atoms with Crippen LogP contribution in [0, 0.1) is 0 Å². The molecule has 1 aromatic rings. The fourth-order valence-corrected chi connectivity index (χ4v) is 1.04. The summed E-state index contributed by atoms with van der Waals surface area (Å²) < 4.78 is 0. The number of phenols is 1. The SMILES string of the molecule is Bc1ccc(C=C)c(O)c1C=O. The first-order valence-corrected chi connectivity index (χ1v) is 3.61. The molecule has 0 heterocycles. The number of carbonyl (C=O) groups excluding carboxylic acids is 1. The van der Waals surface area contributed by atoms with Gasteiger partial charge in [-0.3, -0.25) is 4.79 Å². The average molecular weight is 160 g/mol. The number of carbonyl (C=O) groups is 1. The summed E-state index contributed by atoms with van der Waals surface area (Å²) in [6.07, 6.45) is 2.17. The van der Waals surface area contributed by atoms with E-state index in [4.69, 9.17) is 0 Å². The molecule has 0 spiro atoms. The second kappa shape index (κ2) is 3.26. The van der Waals surface area contributed by atoms with Crippen LogP contribution >= 0.6 is 0 Å². The standard InChI is InChI=1S/C9H9BO2/c1-2-6-3-4-8(10)7(5-11)9(6)12/h2-5,12H,1,10H2. The van der Waals surface area contributed by atoms with Gasteiger partial charge in [0.15, 0.2) is 6.29 Å². The molecule has 0 aliphatic heterocycles. The lowest BCUT2D eigenvalue weighted by Gasteiger charge is -2.04. The first-order chi connectivity index (χ1) is 5.70. The highest BCUT2D eigenvalue weighted by atomic mass is 16.3. The Morgan fingerprint density at radius 2 is 2.17 bits per heavy atom. The van der Waals surface area contributed by atoms with Gasteiger partial charge < -0.3 is 5.11 Å². The van der Waals surface area contributed by atoms with Gasteiger partial charge in [0.25, 0.3) is 0 Å². The number of rotatable bonds is 2. The predicted molar refractivity (Wildman–Crippen MR) is 51.8 cm³/mol. The van der Waals surface area contributed by atoms with E-state index in [9.17, 15) is 9.90 Å². The lowest BCUT2D eigenvalue weighted by atomic mass is 9.89. The zero-order valence-electron chi connectivity index (χ0n) is 6.87. The van der Waals surface area contributed by atoms with E-state index in [1.807, 2.05) is 0 Å². The topological polar surface area (TPSA) is 37.3 Å². The number of hydrogen-bond donors (Lipinski definition) is 1. The molecule has 0 fully saturated rings. The van der Waals surface area contributed by atoms with Crippen molar-refractivity contribution in [3.8, 4) is 5.75 Å². The Hall–Kier alpha value is -1.51. The van der Waals surface area contributed by atoms with Gasteiger partial charge in [-0.25, -0.2) is 0 Å². The smallest absolute Gasteiger partial charge is 0.153 e. The maximum atomic E-state index is 10.5. The van der Waals surface area contributed by atoms with Gasteiger partial charge in [0.2, 0.25) is 0 Å². The first-order valence-electron chi connectivity index (χ1n) is 3.61. The fraction of sp³-hybridized carbons (Fsp3) is 0. The van der Waals surface area contributed by atoms with E-state index in [-0.39, 0.29) is 5.75 Å². The zero-order chi connectivity index (χ0) is 9.14. The van der Waals surface area contributed by atoms with E-state index in [1.165, 1.54) is 6.08 Å². The molecule has 1 rings (SSSR count). The largest absolute Gasteiger partial charge is 0.507 e. The molecule has 1 aromatic carbocycles. The van der Waals surface area contributed by atoms with Gasteiger partial charge in [0, 0.05) is 5.56 Å². The molecule has 0 atom stereocenters. The lowest BCUT2D eigenvalue weighted by molar-refractivity contribution is 0.112. The minimum absolute atomic E-state index is 0.0139. The van der Waals surface area contributed by atoms with Crippen LogP contribution in [0.3, 0.4) is 0 Å². The fourth-order valence-electron chi connectivity index (χ4n) is 1.04. The minimum Gasteiger partial charge on any atom is -0.507 e. The number of aromatic hydroxyl groups is 1. The molecule has 0 unspecified atom stereocenters. The van der Waals surface area contributed by atoms with Crippen molar-refractivity contribution in [2.75, 3.05) is 0 Å². The molecule has 3 heteroatoms. The third-order valence-electron chi connectivity index (χ3n) is 1.80. The molecule has 0 bridgehead atoms. The maximum absolute atomic E-state index is 10.5. The summed E-state index contributed by atoms with van der Waals surface area (Å²) in [4.78, 5) is 10.5. The van der Waals surface area contributed by atoms with Crippen LogP contribution in [0.2, 0.25) is 0 Å². The van der Waals surface area contributed by atoms with Crippen molar-refractivity contribution >= 4 is 25.7 Å². The molecule has 0 saturated heterocycles. The van der Waals surface area contributed by atoms with Crippen LogP contribution in [0.1, 0.15) is 15.9 Å². The molecule has 0 amide bonds. The van der Waals surface area contributed by atoms with Crippen LogP contribution in [0.25, 0.3) is 6.08 Å². The van der Waals surface area contributed by atoms with Crippen LogP contribution in [0.15, 0.2) is 18.7 Å². The zero-order valence-corrected chi connectivity index (χ0v) is 6.87. The van der Waals surface area contributed by atoms with Gasteiger partial charge in [-0.05, 0) is 0 Å². The summed E-state index contributed by atoms with van der Waals surface area (Å²) in [5.41, 5.74) is 1.70. The van der Waals surface area contributed by atoms with Gasteiger partial charge in [-0.1, -0.05) is 30.3 Å². The van der Waals surface area contributed by atoms with Gasteiger partial charge in [0.05, 0.1) is 5.56 Å². The normalized spacial score (nSPS) is 9.33. The quantitative estimate of drug-likeness (QED) is 0.492. The molecule has 1 N–H and O–H groups in total. The molecule has 0 aliphatic carbocycles. The summed E-state index contributed by atoms with van der Waals surface area (Å²) >= 11 is 0. The summed E-state index contributed by atoms with van der Waals surface area (Å²) in [6, 6.07) is 3.51. The van der Waals surface area contributed by atoms with Crippen molar-refractivity contribution < 1.29 is 9.90 Å². The van der Waals surface area contributed by atoms with Gasteiger partial charge in [0.1, 0.15) is 13.6 Å². The second-order valence-electron chi connectivity index (χ2n) is 2.56. The Balaban J connectivity index is 3.43. The van der Waals surface area contributed by atoms with E-state index >= 15 is 0 Å². The van der Waals surface area contributed by atoms with Crippen molar-refractivity contribution in [1.82, 2.24) is 0 Å². The highest BCUT2D eigenvalue weighted by Crippen LogP contribution is 2.19. The second-order valence-corrected chi connectivity index (χ2v) is 2.56. The van der Waals surface area contributed by atoms with Crippen molar-refractivity contribution in [2.45, 2.75) is 0 Å². The monoisotopic (exact) mass is 160 g/mol. The summed E-state index contributed by atoms with van der Waals surface area (Å²) in [6.45, 7) is 3.52. The summed E-state index contributed by atoms with van der Waals surface area (Å²) in [5, 5.41) is 9.47. The number of benzene rings is 1.